The molecule has 6 heteroatoms. The van der Waals surface area contributed by atoms with Gasteiger partial charge in [0.2, 0.25) is 0 Å². The van der Waals surface area contributed by atoms with Gasteiger partial charge in [-0.1, -0.05) is 6.07 Å². The van der Waals surface area contributed by atoms with E-state index in [1.165, 1.54) is 23.5 Å². The van der Waals surface area contributed by atoms with Crippen LogP contribution in [-0.2, 0) is 4.74 Å². The van der Waals surface area contributed by atoms with Gasteiger partial charge in [0, 0.05) is 37.5 Å². The summed E-state index contributed by atoms with van der Waals surface area (Å²) in [5, 5.41) is 3.77. The van der Waals surface area contributed by atoms with Crippen molar-refractivity contribution in [2.75, 3.05) is 58.6 Å². The minimum absolute atomic E-state index is 0.333. The number of methoxy groups -OCH3 is 2. The highest BCUT2D eigenvalue weighted by molar-refractivity contribution is 7.99. The third-order valence-corrected chi connectivity index (χ3v) is 5.97. The van der Waals surface area contributed by atoms with Gasteiger partial charge < -0.3 is 19.5 Å². The number of nitrogens with one attached hydrogen (secondary N) is 1. The molecule has 2 saturated heterocycles. The van der Waals surface area contributed by atoms with Gasteiger partial charge in [-0.2, -0.15) is 11.8 Å². The van der Waals surface area contributed by atoms with Crippen LogP contribution in [0.25, 0.3) is 0 Å². The molecule has 0 spiro atoms. The van der Waals surface area contributed by atoms with Crippen molar-refractivity contribution in [3.8, 4) is 11.5 Å². The Morgan fingerprint density at radius 3 is 2.71 bits per heavy atom. The van der Waals surface area contributed by atoms with Gasteiger partial charge in [0.25, 0.3) is 0 Å². The van der Waals surface area contributed by atoms with Gasteiger partial charge in [-0.25, -0.2) is 0 Å². The average Bonchev–Trinajstić information content (AvgIpc) is 3.16. The van der Waals surface area contributed by atoms with E-state index in [1.54, 1.807) is 14.2 Å². The molecular formula is C18H28N2O3S. The lowest BCUT2D eigenvalue weighted by atomic mass is 10.0. The van der Waals surface area contributed by atoms with Crippen LogP contribution < -0.4 is 14.8 Å². The average molecular weight is 353 g/mol. The van der Waals surface area contributed by atoms with E-state index >= 15 is 0 Å². The highest BCUT2D eigenvalue weighted by Gasteiger charge is 2.25. The van der Waals surface area contributed by atoms with Crippen LogP contribution in [0.4, 0.5) is 0 Å². The third kappa shape index (κ3) is 4.36. The summed E-state index contributed by atoms with van der Waals surface area (Å²) < 4.78 is 16.4. The second kappa shape index (κ2) is 8.94. The molecule has 5 nitrogen and oxygen atoms in total. The van der Waals surface area contributed by atoms with E-state index in [1.807, 2.05) is 17.8 Å². The largest absolute Gasteiger partial charge is 0.493 e. The molecule has 2 fully saturated rings. The number of thioether (sulfide) groups is 1. The first kappa shape index (κ1) is 17.9. The number of benzene rings is 1. The number of hydrogen-bond donors (Lipinski definition) is 1. The van der Waals surface area contributed by atoms with Gasteiger partial charge in [0.05, 0.1) is 27.4 Å². The highest BCUT2D eigenvalue weighted by atomic mass is 32.2. The van der Waals surface area contributed by atoms with E-state index in [4.69, 9.17) is 14.2 Å². The smallest absolute Gasteiger partial charge is 0.161 e. The Morgan fingerprint density at radius 2 is 2.04 bits per heavy atom. The second-order valence-corrected chi connectivity index (χ2v) is 7.40. The third-order valence-electron chi connectivity index (χ3n) is 4.81. The molecular weight excluding hydrogens is 324 g/mol. The van der Waals surface area contributed by atoms with Crippen molar-refractivity contribution in [3.63, 3.8) is 0 Å². The molecule has 134 valence electrons. The summed E-state index contributed by atoms with van der Waals surface area (Å²) in [5.41, 5.74) is 1.27. The summed E-state index contributed by atoms with van der Waals surface area (Å²) in [6, 6.07) is 7.25. The Kier molecular flexibility index (Phi) is 6.66. The predicted octanol–water partition coefficient (Wildman–Crippen LogP) is 2.17. The van der Waals surface area contributed by atoms with Crippen LogP contribution in [0.15, 0.2) is 18.2 Å². The first-order chi connectivity index (χ1) is 11.8. The summed E-state index contributed by atoms with van der Waals surface area (Å²) in [6.45, 7) is 4.52. The van der Waals surface area contributed by atoms with Crippen LogP contribution in [0.2, 0.25) is 0 Å². The summed E-state index contributed by atoms with van der Waals surface area (Å²) in [6.07, 6.45) is 1.27. The SMILES string of the molecule is COc1ccc(C(CNC2CCSC2)N2CCOCC2)cc1OC. The van der Waals surface area contributed by atoms with Crippen LogP contribution in [0.3, 0.4) is 0 Å². The molecule has 1 N–H and O–H groups in total. The Labute approximate surface area is 149 Å². The molecule has 1 aromatic rings. The number of morpholine rings is 1. The van der Waals surface area contributed by atoms with Gasteiger partial charge in [-0.05, 0) is 29.9 Å². The van der Waals surface area contributed by atoms with E-state index in [9.17, 15) is 0 Å². The molecule has 2 unspecified atom stereocenters. The van der Waals surface area contributed by atoms with Gasteiger partial charge in [-0.15, -0.1) is 0 Å². The van der Waals surface area contributed by atoms with Gasteiger partial charge in [-0.3, -0.25) is 4.90 Å². The fourth-order valence-corrected chi connectivity index (χ4v) is 4.57. The fourth-order valence-electron chi connectivity index (χ4n) is 3.38. The summed E-state index contributed by atoms with van der Waals surface area (Å²) in [7, 11) is 3.37. The summed E-state index contributed by atoms with van der Waals surface area (Å²) in [4.78, 5) is 2.51. The maximum absolute atomic E-state index is 5.53. The van der Waals surface area contributed by atoms with Crippen LogP contribution in [-0.4, -0.2) is 69.5 Å². The number of nitrogens with zero attached hydrogens (tertiary/aromatic N) is 1. The minimum atomic E-state index is 0.333. The maximum Gasteiger partial charge on any atom is 0.161 e. The van der Waals surface area contributed by atoms with Gasteiger partial charge in [0.15, 0.2) is 11.5 Å². The Bertz CT molecular complexity index is 517. The molecule has 2 atom stereocenters. The van der Waals surface area contributed by atoms with E-state index in [2.05, 4.69) is 22.3 Å². The molecule has 2 aliphatic heterocycles. The number of hydrogen-bond acceptors (Lipinski definition) is 6. The molecule has 3 rings (SSSR count). The second-order valence-electron chi connectivity index (χ2n) is 6.25. The van der Waals surface area contributed by atoms with E-state index in [0.29, 0.717) is 12.1 Å². The molecule has 2 heterocycles. The van der Waals surface area contributed by atoms with Gasteiger partial charge in [0.1, 0.15) is 0 Å². The van der Waals surface area contributed by atoms with Gasteiger partial charge >= 0.3 is 0 Å². The topological polar surface area (TPSA) is 43.0 Å². The quantitative estimate of drug-likeness (QED) is 0.811. The van der Waals surface area contributed by atoms with E-state index < -0.39 is 0 Å². The van der Waals surface area contributed by atoms with E-state index in [0.717, 1.165) is 44.3 Å². The van der Waals surface area contributed by atoms with Crippen molar-refractivity contribution in [1.29, 1.82) is 0 Å². The van der Waals surface area contributed by atoms with Crippen LogP contribution in [0.1, 0.15) is 18.0 Å². The molecule has 0 radical (unpaired) electrons. The minimum Gasteiger partial charge on any atom is -0.493 e. The molecule has 2 aliphatic rings. The zero-order valence-corrected chi connectivity index (χ0v) is 15.4. The Hall–Kier alpha value is -0.950. The van der Waals surface area contributed by atoms with Crippen molar-refractivity contribution in [2.24, 2.45) is 0 Å². The lowest BCUT2D eigenvalue weighted by Gasteiger charge is -2.35. The van der Waals surface area contributed by atoms with Crippen molar-refractivity contribution >= 4 is 11.8 Å². The molecule has 0 bridgehead atoms. The zero-order chi connectivity index (χ0) is 16.8. The highest BCUT2D eigenvalue weighted by Crippen LogP contribution is 2.32. The lowest BCUT2D eigenvalue weighted by molar-refractivity contribution is 0.0157. The standard InChI is InChI=1S/C18H28N2O3S/c1-21-17-4-3-14(11-18(17)22-2)16(20-6-8-23-9-7-20)12-19-15-5-10-24-13-15/h3-4,11,15-16,19H,5-10,12-13H2,1-2H3. The van der Waals surface area contributed by atoms with Crippen molar-refractivity contribution in [3.05, 3.63) is 23.8 Å². The molecule has 1 aromatic carbocycles. The Morgan fingerprint density at radius 1 is 1.25 bits per heavy atom. The van der Waals surface area contributed by atoms with Crippen molar-refractivity contribution in [1.82, 2.24) is 10.2 Å². The Balaban J connectivity index is 1.76. The van der Waals surface area contributed by atoms with Crippen LogP contribution >= 0.6 is 11.8 Å². The summed E-state index contributed by atoms with van der Waals surface area (Å²) >= 11 is 2.04. The van der Waals surface area contributed by atoms with Crippen molar-refractivity contribution < 1.29 is 14.2 Å². The zero-order valence-electron chi connectivity index (χ0n) is 14.6. The first-order valence-electron chi connectivity index (χ1n) is 8.66. The summed E-state index contributed by atoms with van der Waals surface area (Å²) in [5.74, 6) is 4.07. The van der Waals surface area contributed by atoms with Crippen LogP contribution in [0, 0.1) is 0 Å². The first-order valence-corrected chi connectivity index (χ1v) is 9.82. The molecule has 0 saturated carbocycles. The van der Waals surface area contributed by atoms with E-state index in [-0.39, 0.29) is 0 Å². The number of rotatable bonds is 7. The molecule has 0 amide bonds. The normalized spacial score (nSPS) is 23.2. The monoisotopic (exact) mass is 352 g/mol. The number of ether oxygens (including phenoxy) is 3. The fraction of sp³-hybridized carbons (Fsp3) is 0.667. The lowest BCUT2D eigenvalue weighted by Crippen LogP contribution is -2.44. The predicted molar refractivity (Wildman–Crippen MR) is 98.4 cm³/mol. The maximum atomic E-state index is 5.53. The molecule has 0 aliphatic carbocycles. The van der Waals surface area contributed by atoms with Crippen molar-refractivity contribution in [2.45, 2.75) is 18.5 Å². The van der Waals surface area contributed by atoms with Crippen LogP contribution in [0.5, 0.6) is 11.5 Å². The molecule has 24 heavy (non-hydrogen) atoms. The molecule has 0 aromatic heterocycles.